The molecule has 0 saturated heterocycles. The number of rotatable bonds is 2. The summed E-state index contributed by atoms with van der Waals surface area (Å²) < 4.78 is 17.5. The van der Waals surface area contributed by atoms with Gasteiger partial charge in [0, 0.05) is 23.5 Å². The second kappa shape index (κ2) is 5.83. The topological polar surface area (TPSA) is 43.1 Å². The zero-order valence-electron chi connectivity index (χ0n) is 15.1. The fourth-order valence-corrected chi connectivity index (χ4v) is 3.36. The van der Waals surface area contributed by atoms with Crippen molar-refractivity contribution in [2.75, 3.05) is 0 Å². The Hall–Kier alpha value is -2.89. The number of benzene rings is 1. The molecule has 1 amide bonds. The lowest BCUT2D eigenvalue weighted by Crippen LogP contribution is -2.29. The van der Waals surface area contributed by atoms with Gasteiger partial charge in [-0.05, 0) is 51.1 Å². The van der Waals surface area contributed by atoms with Gasteiger partial charge in [-0.15, -0.1) is 0 Å². The van der Waals surface area contributed by atoms with Crippen LogP contribution in [0.5, 0.6) is 0 Å². The number of fused-ring (bicyclic) bond motifs is 1. The maximum atomic E-state index is 13.5. The summed E-state index contributed by atoms with van der Waals surface area (Å²) in [6.07, 6.45) is 3.97. The van der Waals surface area contributed by atoms with Gasteiger partial charge in [-0.3, -0.25) is 4.79 Å². The number of halogens is 1. The second-order valence-corrected chi connectivity index (χ2v) is 7.59. The molecular weight excluding hydrogens is 331 g/mol. The largest absolute Gasteiger partial charge is 0.328 e. The minimum atomic E-state index is -0.404. The third-order valence-electron chi connectivity index (χ3n) is 4.57. The van der Waals surface area contributed by atoms with Crippen LogP contribution >= 0.6 is 0 Å². The Morgan fingerprint density at radius 2 is 1.85 bits per heavy atom. The highest BCUT2D eigenvalue weighted by atomic mass is 19.1. The van der Waals surface area contributed by atoms with Crippen LogP contribution in [-0.4, -0.2) is 25.2 Å². The van der Waals surface area contributed by atoms with Crippen molar-refractivity contribution in [3.63, 3.8) is 0 Å². The van der Waals surface area contributed by atoms with E-state index >= 15 is 0 Å². The maximum absolute atomic E-state index is 13.5. The number of carbonyl (C=O) groups excluding carboxylic acids is 1. The molecule has 0 N–H and O–H groups in total. The van der Waals surface area contributed by atoms with Crippen molar-refractivity contribution in [3.8, 4) is 5.82 Å². The molecule has 0 saturated carbocycles. The molecule has 3 heterocycles. The fraction of sp³-hybridized carbons (Fsp3) is 0.300. The summed E-state index contributed by atoms with van der Waals surface area (Å²) in [5.74, 6) is 0.397. The summed E-state index contributed by atoms with van der Waals surface area (Å²) in [4.78, 5) is 14.5. The molecule has 134 valence electrons. The van der Waals surface area contributed by atoms with Crippen molar-refractivity contribution in [2.45, 2.75) is 39.4 Å². The number of nitrogens with zero attached hydrogens (tertiary/aromatic N) is 4. The average Bonchev–Trinajstić information content (AvgIpc) is 3.28. The molecule has 0 atom stereocenters. The van der Waals surface area contributed by atoms with E-state index in [2.05, 4.69) is 20.8 Å². The zero-order chi connectivity index (χ0) is 18.5. The van der Waals surface area contributed by atoms with E-state index in [9.17, 15) is 9.18 Å². The van der Waals surface area contributed by atoms with Crippen molar-refractivity contribution >= 4 is 5.91 Å². The molecule has 3 aromatic rings. The van der Waals surface area contributed by atoms with Crippen LogP contribution in [0.4, 0.5) is 4.39 Å². The number of carbonyl (C=O) groups is 1. The Bertz CT molecular complexity index is 966. The van der Waals surface area contributed by atoms with Gasteiger partial charge in [0.25, 0.3) is 5.91 Å². The minimum Gasteiger partial charge on any atom is -0.328 e. The van der Waals surface area contributed by atoms with Gasteiger partial charge in [-0.1, -0.05) is 6.07 Å². The highest BCUT2D eigenvalue weighted by molar-refractivity contribution is 5.94. The third kappa shape index (κ3) is 2.71. The Morgan fingerprint density at radius 1 is 1.12 bits per heavy atom. The van der Waals surface area contributed by atoms with E-state index in [0.29, 0.717) is 18.7 Å². The molecule has 1 aliphatic heterocycles. The molecule has 0 unspecified atom stereocenters. The van der Waals surface area contributed by atoms with Crippen LogP contribution in [0, 0.1) is 5.82 Å². The van der Waals surface area contributed by atoms with Gasteiger partial charge in [0.1, 0.15) is 11.6 Å². The number of aromatic nitrogens is 3. The van der Waals surface area contributed by atoms with E-state index in [1.54, 1.807) is 17.0 Å². The van der Waals surface area contributed by atoms with Gasteiger partial charge in [0.15, 0.2) is 0 Å². The molecule has 0 bridgehead atoms. The standard InChI is InChI=1S/C20H21FN4O/c1-20(2,3)25-18(23-9-4-5-10-23)16-12-24(13-17(16)22-25)19(26)14-7-6-8-15(21)11-14/h4-11H,12-13H2,1-3H3. The first-order valence-electron chi connectivity index (χ1n) is 8.64. The predicted molar refractivity (Wildman–Crippen MR) is 96.5 cm³/mol. The first-order valence-corrected chi connectivity index (χ1v) is 8.64. The molecule has 2 aromatic heterocycles. The summed E-state index contributed by atoms with van der Waals surface area (Å²) in [6, 6.07) is 9.76. The molecule has 1 aliphatic rings. The van der Waals surface area contributed by atoms with Crippen LogP contribution < -0.4 is 0 Å². The van der Waals surface area contributed by atoms with Crippen LogP contribution in [0.15, 0.2) is 48.8 Å². The normalized spacial score (nSPS) is 13.9. The lowest BCUT2D eigenvalue weighted by atomic mass is 10.1. The highest BCUT2D eigenvalue weighted by Gasteiger charge is 2.33. The molecule has 26 heavy (non-hydrogen) atoms. The highest BCUT2D eigenvalue weighted by Crippen LogP contribution is 2.32. The third-order valence-corrected chi connectivity index (χ3v) is 4.57. The molecule has 0 radical (unpaired) electrons. The number of hydrogen-bond acceptors (Lipinski definition) is 2. The predicted octanol–water partition coefficient (Wildman–Crippen LogP) is 3.72. The SMILES string of the molecule is CC(C)(C)n1nc2c(c1-n1cccc1)CN(C(=O)c1cccc(F)c1)C2. The van der Waals surface area contributed by atoms with Crippen LogP contribution in [0.1, 0.15) is 42.4 Å². The first kappa shape index (κ1) is 16.6. The molecule has 0 aliphatic carbocycles. The van der Waals surface area contributed by atoms with Crippen molar-refractivity contribution in [2.24, 2.45) is 0 Å². The van der Waals surface area contributed by atoms with Crippen LogP contribution in [0.2, 0.25) is 0 Å². The first-order chi connectivity index (χ1) is 12.3. The van der Waals surface area contributed by atoms with E-state index in [4.69, 9.17) is 5.10 Å². The molecule has 0 spiro atoms. The fourth-order valence-electron chi connectivity index (χ4n) is 3.36. The van der Waals surface area contributed by atoms with E-state index in [1.807, 2.05) is 33.8 Å². The van der Waals surface area contributed by atoms with Gasteiger partial charge in [0.05, 0.1) is 24.3 Å². The molecule has 5 nitrogen and oxygen atoms in total. The van der Waals surface area contributed by atoms with E-state index in [-0.39, 0.29) is 11.4 Å². The van der Waals surface area contributed by atoms with E-state index in [1.165, 1.54) is 12.1 Å². The lowest BCUT2D eigenvalue weighted by Gasteiger charge is -2.24. The monoisotopic (exact) mass is 352 g/mol. The van der Waals surface area contributed by atoms with Crippen LogP contribution in [0.25, 0.3) is 5.82 Å². The van der Waals surface area contributed by atoms with Crippen molar-refractivity contribution < 1.29 is 9.18 Å². The Balaban J connectivity index is 1.71. The Morgan fingerprint density at radius 3 is 2.50 bits per heavy atom. The summed E-state index contributed by atoms with van der Waals surface area (Å²) in [5.41, 5.74) is 2.12. The summed E-state index contributed by atoms with van der Waals surface area (Å²) in [5, 5.41) is 4.79. The lowest BCUT2D eigenvalue weighted by molar-refractivity contribution is 0.0748. The molecule has 6 heteroatoms. The number of amides is 1. The van der Waals surface area contributed by atoms with Crippen molar-refractivity contribution in [1.82, 2.24) is 19.2 Å². The zero-order valence-corrected chi connectivity index (χ0v) is 15.1. The van der Waals surface area contributed by atoms with Gasteiger partial charge >= 0.3 is 0 Å². The molecule has 0 fully saturated rings. The Kier molecular flexibility index (Phi) is 3.72. The summed E-state index contributed by atoms with van der Waals surface area (Å²) >= 11 is 0. The van der Waals surface area contributed by atoms with Gasteiger partial charge in [-0.25, -0.2) is 9.07 Å². The molecular formula is C20H21FN4O. The second-order valence-electron chi connectivity index (χ2n) is 7.59. The van der Waals surface area contributed by atoms with Gasteiger partial charge < -0.3 is 9.47 Å². The average molecular weight is 352 g/mol. The van der Waals surface area contributed by atoms with Gasteiger partial charge in [-0.2, -0.15) is 5.10 Å². The van der Waals surface area contributed by atoms with Gasteiger partial charge in [0.2, 0.25) is 0 Å². The quantitative estimate of drug-likeness (QED) is 0.705. The maximum Gasteiger partial charge on any atom is 0.254 e. The smallest absolute Gasteiger partial charge is 0.254 e. The number of hydrogen-bond donors (Lipinski definition) is 0. The van der Waals surface area contributed by atoms with Crippen molar-refractivity contribution in [3.05, 3.63) is 71.4 Å². The Labute approximate surface area is 151 Å². The molecule has 1 aromatic carbocycles. The minimum absolute atomic E-state index is 0.178. The molecule has 4 rings (SSSR count). The van der Waals surface area contributed by atoms with E-state index < -0.39 is 5.82 Å². The van der Waals surface area contributed by atoms with Crippen LogP contribution in [0.3, 0.4) is 0 Å². The van der Waals surface area contributed by atoms with Crippen LogP contribution in [-0.2, 0) is 18.6 Å². The summed E-state index contributed by atoms with van der Waals surface area (Å²) in [6.45, 7) is 7.23. The van der Waals surface area contributed by atoms with Crippen molar-refractivity contribution in [1.29, 1.82) is 0 Å². The summed E-state index contributed by atoms with van der Waals surface area (Å²) in [7, 11) is 0. The van der Waals surface area contributed by atoms with E-state index in [0.717, 1.165) is 17.1 Å².